The smallest absolute Gasteiger partial charge is 0.149 e. The minimum atomic E-state index is -0.527. The molecule has 23 heavy (non-hydrogen) atoms. The van der Waals surface area contributed by atoms with Crippen LogP contribution in [-0.4, -0.2) is 19.1 Å². The summed E-state index contributed by atoms with van der Waals surface area (Å²) in [5, 5.41) is 0.198. The standard InChI is InChI=1S/C18H16F2N2O/c1-22(11-12-3-5-13(23-2)6-4-12)16-9-10-21-18-15(20)8-7-14(19)17(16)18/h3-10H,11H2,1-2H3. The summed E-state index contributed by atoms with van der Waals surface area (Å²) < 4.78 is 33.2. The van der Waals surface area contributed by atoms with Crippen LogP contribution in [-0.2, 0) is 6.54 Å². The van der Waals surface area contributed by atoms with E-state index in [9.17, 15) is 8.78 Å². The molecule has 2 aromatic carbocycles. The molecule has 0 aliphatic carbocycles. The molecule has 0 N–H and O–H groups in total. The van der Waals surface area contributed by atoms with E-state index in [1.165, 1.54) is 6.20 Å². The molecule has 3 rings (SSSR count). The van der Waals surface area contributed by atoms with Crippen molar-refractivity contribution < 1.29 is 13.5 Å². The Morgan fingerprint density at radius 3 is 2.39 bits per heavy atom. The molecular weight excluding hydrogens is 298 g/mol. The summed E-state index contributed by atoms with van der Waals surface area (Å²) in [4.78, 5) is 5.83. The van der Waals surface area contributed by atoms with Crippen LogP contribution in [0.25, 0.3) is 10.9 Å². The van der Waals surface area contributed by atoms with Gasteiger partial charge >= 0.3 is 0 Å². The zero-order valence-corrected chi connectivity index (χ0v) is 12.9. The molecule has 0 spiro atoms. The quantitative estimate of drug-likeness (QED) is 0.723. The predicted octanol–water partition coefficient (Wildman–Crippen LogP) is 4.16. The third-order valence-corrected chi connectivity index (χ3v) is 3.76. The fraction of sp³-hybridized carbons (Fsp3) is 0.167. The summed E-state index contributed by atoms with van der Waals surface area (Å²) in [6.07, 6.45) is 1.49. The van der Waals surface area contributed by atoms with Gasteiger partial charge in [0.25, 0.3) is 0 Å². The maximum absolute atomic E-state index is 14.2. The minimum Gasteiger partial charge on any atom is -0.497 e. The Kier molecular flexibility index (Phi) is 4.10. The van der Waals surface area contributed by atoms with E-state index < -0.39 is 11.6 Å². The number of methoxy groups -OCH3 is 1. The van der Waals surface area contributed by atoms with Crippen LogP contribution >= 0.6 is 0 Å². The number of pyridine rings is 1. The summed E-state index contributed by atoms with van der Waals surface area (Å²) in [6.45, 7) is 0.555. The molecule has 0 aliphatic heterocycles. The van der Waals surface area contributed by atoms with E-state index in [2.05, 4.69) is 4.98 Å². The molecule has 1 aromatic heterocycles. The van der Waals surface area contributed by atoms with Crippen LogP contribution in [0.2, 0.25) is 0 Å². The Labute approximate surface area is 133 Å². The lowest BCUT2D eigenvalue weighted by atomic mass is 10.1. The van der Waals surface area contributed by atoms with Crippen molar-refractivity contribution in [3.8, 4) is 5.75 Å². The van der Waals surface area contributed by atoms with Gasteiger partial charge in [-0.15, -0.1) is 0 Å². The topological polar surface area (TPSA) is 25.4 Å². The average Bonchev–Trinajstić information content (AvgIpc) is 2.58. The van der Waals surface area contributed by atoms with Crippen LogP contribution in [0, 0.1) is 11.6 Å². The molecule has 0 saturated heterocycles. The van der Waals surface area contributed by atoms with Gasteiger partial charge in [-0.05, 0) is 35.9 Å². The molecule has 0 aliphatic rings. The van der Waals surface area contributed by atoms with E-state index in [-0.39, 0.29) is 10.9 Å². The van der Waals surface area contributed by atoms with E-state index in [1.807, 2.05) is 36.2 Å². The van der Waals surface area contributed by atoms with Gasteiger partial charge in [-0.3, -0.25) is 4.98 Å². The molecule has 0 amide bonds. The van der Waals surface area contributed by atoms with Crippen molar-refractivity contribution in [2.45, 2.75) is 6.54 Å². The normalized spacial score (nSPS) is 10.8. The highest BCUT2D eigenvalue weighted by Crippen LogP contribution is 2.29. The van der Waals surface area contributed by atoms with Crippen molar-refractivity contribution in [2.75, 3.05) is 19.1 Å². The summed E-state index contributed by atoms with van der Waals surface area (Å²) in [5.41, 5.74) is 1.68. The number of fused-ring (bicyclic) bond motifs is 1. The van der Waals surface area contributed by atoms with Gasteiger partial charge in [-0.2, -0.15) is 0 Å². The van der Waals surface area contributed by atoms with Crippen LogP contribution in [0.15, 0.2) is 48.7 Å². The molecule has 3 aromatic rings. The number of halogens is 2. The Bertz CT molecular complexity index is 834. The summed E-state index contributed by atoms with van der Waals surface area (Å²) in [7, 11) is 3.45. The Morgan fingerprint density at radius 1 is 1.00 bits per heavy atom. The molecule has 0 unspecified atom stereocenters. The zero-order valence-electron chi connectivity index (χ0n) is 12.9. The van der Waals surface area contributed by atoms with Crippen LogP contribution < -0.4 is 9.64 Å². The third kappa shape index (κ3) is 2.95. The van der Waals surface area contributed by atoms with Gasteiger partial charge in [0.15, 0.2) is 0 Å². The fourth-order valence-corrected chi connectivity index (χ4v) is 2.58. The van der Waals surface area contributed by atoms with Crippen molar-refractivity contribution in [3.63, 3.8) is 0 Å². The van der Waals surface area contributed by atoms with Crippen LogP contribution in [0.3, 0.4) is 0 Å². The second kappa shape index (κ2) is 6.20. The SMILES string of the molecule is COc1ccc(CN(C)c2ccnc3c(F)ccc(F)c23)cc1. The molecule has 0 saturated carbocycles. The average molecular weight is 314 g/mol. The zero-order chi connectivity index (χ0) is 16.4. The van der Waals surface area contributed by atoms with Gasteiger partial charge < -0.3 is 9.64 Å². The molecule has 0 radical (unpaired) electrons. The second-order valence-electron chi connectivity index (χ2n) is 5.29. The van der Waals surface area contributed by atoms with Gasteiger partial charge in [0.05, 0.1) is 18.2 Å². The number of rotatable bonds is 4. The van der Waals surface area contributed by atoms with E-state index in [4.69, 9.17) is 4.74 Å². The molecule has 3 nitrogen and oxygen atoms in total. The first-order chi connectivity index (χ1) is 11.1. The maximum Gasteiger partial charge on any atom is 0.149 e. The monoisotopic (exact) mass is 314 g/mol. The number of aromatic nitrogens is 1. The highest BCUT2D eigenvalue weighted by Gasteiger charge is 2.14. The molecule has 0 bridgehead atoms. The molecule has 5 heteroatoms. The lowest BCUT2D eigenvalue weighted by molar-refractivity contribution is 0.414. The second-order valence-corrected chi connectivity index (χ2v) is 5.29. The van der Waals surface area contributed by atoms with Crippen LogP contribution in [0.4, 0.5) is 14.5 Å². The summed E-state index contributed by atoms with van der Waals surface area (Å²) in [5.74, 6) is -0.231. The minimum absolute atomic E-state index is 0.0454. The van der Waals surface area contributed by atoms with Gasteiger partial charge in [-0.1, -0.05) is 12.1 Å². The molecule has 1 heterocycles. The Morgan fingerprint density at radius 2 is 1.70 bits per heavy atom. The molecule has 0 atom stereocenters. The van der Waals surface area contributed by atoms with Gasteiger partial charge in [0.1, 0.15) is 22.9 Å². The van der Waals surface area contributed by atoms with Gasteiger partial charge in [-0.25, -0.2) is 8.78 Å². The fourth-order valence-electron chi connectivity index (χ4n) is 2.58. The summed E-state index contributed by atoms with van der Waals surface area (Å²) >= 11 is 0. The highest BCUT2D eigenvalue weighted by molar-refractivity contribution is 5.92. The number of hydrogen-bond acceptors (Lipinski definition) is 3. The van der Waals surface area contributed by atoms with Crippen molar-refractivity contribution in [2.24, 2.45) is 0 Å². The first kappa shape index (κ1) is 15.2. The Balaban J connectivity index is 1.97. The predicted molar refractivity (Wildman–Crippen MR) is 86.8 cm³/mol. The van der Waals surface area contributed by atoms with Crippen molar-refractivity contribution in [1.29, 1.82) is 0 Å². The number of benzene rings is 2. The van der Waals surface area contributed by atoms with E-state index in [1.54, 1.807) is 13.2 Å². The number of ether oxygens (including phenoxy) is 1. The number of hydrogen-bond donors (Lipinski definition) is 0. The van der Waals surface area contributed by atoms with Crippen molar-refractivity contribution in [1.82, 2.24) is 4.98 Å². The first-order valence-electron chi connectivity index (χ1n) is 7.17. The van der Waals surface area contributed by atoms with Gasteiger partial charge in [0, 0.05) is 19.8 Å². The van der Waals surface area contributed by atoms with E-state index in [0.29, 0.717) is 12.2 Å². The Hall–Kier alpha value is -2.69. The van der Waals surface area contributed by atoms with Crippen molar-refractivity contribution in [3.05, 3.63) is 65.9 Å². The van der Waals surface area contributed by atoms with Crippen molar-refractivity contribution >= 4 is 16.6 Å². The molecule has 0 fully saturated rings. The maximum atomic E-state index is 14.2. The molecule has 118 valence electrons. The first-order valence-corrected chi connectivity index (χ1v) is 7.17. The number of nitrogens with zero attached hydrogens (tertiary/aromatic N) is 2. The van der Waals surface area contributed by atoms with Crippen LogP contribution in [0.1, 0.15) is 5.56 Å². The lowest BCUT2D eigenvalue weighted by Gasteiger charge is -2.21. The third-order valence-electron chi connectivity index (χ3n) is 3.76. The largest absolute Gasteiger partial charge is 0.497 e. The summed E-state index contributed by atoms with van der Waals surface area (Å²) in [6, 6.07) is 11.5. The lowest BCUT2D eigenvalue weighted by Crippen LogP contribution is -2.17. The number of anilines is 1. The van der Waals surface area contributed by atoms with Crippen LogP contribution in [0.5, 0.6) is 5.75 Å². The van der Waals surface area contributed by atoms with E-state index in [0.717, 1.165) is 23.4 Å². The highest BCUT2D eigenvalue weighted by atomic mass is 19.1. The van der Waals surface area contributed by atoms with Gasteiger partial charge in [0.2, 0.25) is 0 Å². The molecular formula is C18H16F2N2O. The van der Waals surface area contributed by atoms with E-state index >= 15 is 0 Å².